The molecule has 1 aromatic heterocycles. The lowest BCUT2D eigenvalue weighted by molar-refractivity contribution is 0.102. The number of nitrogens with one attached hydrogen (secondary N) is 2. The third kappa shape index (κ3) is 4.53. The van der Waals surface area contributed by atoms with Crippen LogP contribution in [0.2, 0.25) is 0 Å². The van der Waals surface area contributed by atoms with E-state index in [1.807, 2.05) is 12.1 Å². The second kappa shape index (κ2) is 8.76. The molecule has 0 amide bonds. The molecule has 4 rings (SSSR count). The summed E-state index contributed by atoms with van der Waals surface area (Å²) in [4.78, 5) is 35.0. The number of hydrogen-bond acceptors (Lipinski definition) is 6. The molecule has 1 aliphatic rings. The van der Waals surface area contributed by atoms with Gasteiger partial charge >= 0.3 is 5.69 Å². The first-order chi connectivity index (χ1) is 15.2. The Morgan fingerprint density at radius 3 is 2.31 bits per heavy atom. The Hall–Kier alpha value is -3.17. The van der Waals surface area contributed by atoms with Crippen molar-refractivity contribution in [2.45, 2.75) is 18.4 Å². The molecule has 32 heavy (non-hydrogen) atoms. The van der Waals surface area contributed by atoms with Crippen molar-refractivity contribution in [3.8, 4) is 0 Å². The van der Waals surface area contributed by atoms with E-state index in [-0.39, 0.29) is 16.2 Å². The number of carbonyl (C=O) groups is 1. The fourth-order valence-electron chi connectivity index (χ4n) is 4.13. The van der Waals surface area contributed by atoms with Crippen molar-refractivity contribution in [1.82, 2.24) is 14.9 Å². The van der Waals surface area contributed by atoms with Gasteiger partial charge in [-0.2, -0.15) is 0 Å². The van der Waals surface area contributed by atoms with E-state index in [0.717, 1.165) is 32.4 Å². The second-order valence-electron chi connectivity index (χ2n) is 8.08. The van der Waals surface area contributed by atoms with Crippen LogP contribution in [0.4, 0.5) is 5.69 Å². The molecule has 168 valence electrons. The number of H-pyrrole nitrogens is 2. The van der Waals surface area contributed by atoms with Gasteiger partial charge in [0.1, 0.15) is 5.69 Å². The summed E-state index contributed by atoms with van der Waals surface area (Å²) in [7, 11) is -3.59. The molecule has 2 aromatic carbocycles. The molecule has 1 saturated heterocycles. The van der Waals surface area contributed by atoms with Crippen molar-refractivity contribution in [2.24, 2.45) is 0 Å². The van der Waals surface area contributed by atoms with Crippen LogP contribution in [-0.4, -0.2) is 61.5 Å². The van der Waals surface area contributed by atoms with E-state index < -0.39 is 21.3 Å². The van der Waals surface area contributed by atoms with Crippen LogP contribution < -0.4 is 10.6 Å². The van der Waals surface area contributed by atoms with Gasteiger partial charge in [-0.25, -0.2) is 13.2 Å². The number of anilines is 1. The van der Waals surface area contributed by atoms with E-state index in [0.29, 0.717) is 12.2 Å². The molecule has 2 heterocycles. The van der Waals surface area contributed by atoms with Gasteiger partial charge in [-0.1, -0.05) is 30.3 Å². The number of nitrogens with zero attached hydrogens (tertiary/aromatic N) is 2. The lowest BCUT2D eigenvalue weighted by atomic mass is 10.1. The van der Waals surface area contributed by atoms with Crippen molar-refractivity contribution in [3.63, 3.8) is 0 Å². The Balaban J connectivity index is 1.53. The molecular formula is C23H26N4O4S. The highest BCUT2D eigenvalue weighted by Crippen LogP contribution is 2.23. The number of para-hydroxylation sites is 1. The van der Waals surface area contributed by atoms with Crippen LogP contribution in [-0.2, 0) is 16.4 Å². The first-order valence-corrected chi connectivity index (χ1v) is 12.3. The largest absolute Gasteiger partial charge is 0.369 e. The maximum Gasteiger partial charge on any atom is 0.323 e. The summed E-state index contributed by atoms with van der Waals surface area (Å²) in [6.07, 6.45) is 1.06. The zero-order chi connectivity index (χ0) is 22.9. The summed E-state index contributed by atoms with van der Waals surface area (Å²) in [6.45, 7) is 5.70. The van der Waals surface area contributed by atoms with Crippen LogP contribution >= 0.6 is 0 Å². The Morgan fingerprint density at radius 2 is 1.62 bits per heavy atom. The average Bonchev–Trinajstić information content (AvgIpc) is 3.13. The summed E-state index contributed by atoms with van der Waals surface area (Å²) in [6, 6.07) is 14.3. The quantitative estimate of drug-likeness (QED) is 0.552. The number of aromatic nitrogens is 2. The molecule has 0 bridgehead atoms. The maximum absolute atomic E-state index is 13.2. The monoisotopic (exact) mass is 454 g/mol. The number of hydrogen-bond donors (Lipinski definition) is 2. The molecular weight excluding hydrogens is 428 g/mol. The van der Waals surface area contributed by atoms with E-state index in [2.05, 4.69) is 38.8 Å². The fourth-order valence-corrected chi connectivity index (χ4v) is 5.02. The zero-order valence-electron chi connectivity index (χ0n) is 18.1. The van der Waals surface area contributed by atoms with E-state index >= 15 is 0 Å². The maximum atomic E-state index is 13.2. The molecule has 0 radical (unpaired) electrons. The number of aryl methyl sites for hydroxylation is 1. The Kier molecular flexibility index (Phi) is 6.03. The fraction of sp³-hybridized carbons (Fsp3) is 0.304. The minimum atomic E-state index is -3.59. The average molecular weight is 455 g/mol. The lowest BCUT2D eigenvalue weighted by Gasteiger charge is -2.36. The molecule has 0 aliphatic carbocycles. The van der Waals surface area contributed by atoms with Crippen LogP contribution in [0, 0.1) is 6.92 Å². The first kappa shape index (κ1) is 22.0. The van der Waals surface area contributed by atoms with Crippen molar-refractivity contribution < 1.29 is 13.2 Å². The summed E-state index contributed by atoms with van der Waals surface area (Å²) < 4.78 is 24.2. The normalized spacial score (nSPS) is 15.1. The van der Waals surface area contributed by atoms with Gasteiger partial charge in [-0.05, 0) is 30.7 Å². The molecule has 0 spiro atoms. The third-order valence-corrected chi connectivity index (χ3v) is 6.93. The molecule has 0 saturated carbocycles. The van der Waals surface area contributed by atoms with Crippen molar-refractivity contribution in [1.29, 1.82) is 0 Å². The highest BCUT2D eigenvalue weighted by atomic mass is 32.2. The molecule has 8 nitrogen and oxygen atoms in total. The minimum absolute atomic E-state index is 0.0511. The highest BCUT2D eigenvalue weighted by Gasteiger charge is 2.25. The number of imidazole rings is 1. The molecule has 9 heteroatoms. The predicted octanol–water partition coefficient (Wildman–Crippen LogP) is 1.97. The van der Waals surface area contributed by atoms with Gasteiger partial charge in [0.2, 0.25) is 5.78 Å². The van der Waals surface area contributed by atoms with Gasteiger partial charge in [0, 0.05) is 50.2 Å². The van der Waals surface area contributed by atoms with Crippen LogP contribution in [0.1, 0.15) is 27.3 Å². The lowest BCUT2D eigenvalue weighted by Crippen LogP contribution is -2.46. The number of sulfone groups is 1. The Morgan fingerprint density at radius 1 is 0.969 bits per heavy atom. The Bertz CT molecular complexity index is 1300. The van der Waals surface area contributed by atoms with Gasteiger partial charge in [0.05, 0.1) is 10.6 Å². The van der Waals surface area contributed by atoms with Gasteiger partial charge in [0.15, 0.2) is 9.84 Å². The molecule has 1 fully saturated rings. The highest BCUT2D eigenvalue weighted by molar-refractivity contribution is 7.90. The number of aromatic amines is 2. The zero-order valence-corrected chi connectivity index (χ0v) is 18.9. The third-order valence-electron chi connectivity index (χ3n) is 5.77. The summed E-state index contributed by atoms with van der Waals surface area (Å²) in [5, 5.41) is 0. The minimum Gasteiger partial charge on any atom is -0.369 e. The standard InChI is InChI=1S/C23H26N4O4S/c1-16-7-3-5-9-19(16)27-13-11-26(12-14-27)15-18-21(25-23(29)24-18)22(28)17-8-4-6-10-20(17)32(2,30)31/h3-10H,11-15H2,1-2H3,(H2,24,25,29). The number of piperazine rings is 1. The van der Waals surface area contributed by atoms with Gasteiger partial charge in [-0.15, -0.1) is 0 Å². The van der Waals surface area contributed by atoms with Crippen molar-refractivity contribution >= 4 is 21.3 Å². The molecule has 0 unspecified atom stereocenters. The summed E-state index contributed by atoms with van der Waals surface area (Å²) in [5.74, 6) is -0.516. The smallest absolute Gasteiger partial charge is 0.323 e. The number of benzene rings is 2. The van der Waals surface area contributed by atoms with Crippen molar-refractivity contribution in [2.75, 3.05) is 37.3 Å². The van der Waals surface area contributed by atoms with Crippen molar-refractivity contribution in [3.05, 3.63) is 81.5 Å². The molecule has 1 aliphatic heterocycles. The van der Waals surface area contributed by atoms with Crippen LogP contribution in [0.5, 0.6) is 0 Å². The predicted molar refractivity (Wildman–Crippen MR) is 123 cm³/mol. The van der Waals surface area contributed by atoms with Crippen LogP contribution in [0.25, 0.3) is 0 Å². The van der Waals surface area contributed by atoms with Crippen LogP contribution in [0.15, 0.2) is 58.2 Å². The first-order valence-electron chi connectivity index (χ1n) is 10.4. The molecule has 3 aromatic rings. The second-order valence-corrected chi connectivity index (χ2v) is 10.1. The number of carbonyl (C=O) groups excluding carboxylic acids is 1. The summed E-state index contributed by atoms with van der Waals surface area (Å²) >= 11 is 0. The van der Waals surface area contributed by atoms with Gasteiger partial charge in [0.25, 0.3) is 0 Å². The Labute approximate surface area is 186 Å². The van der Waals surface area contributed by atoms with E-state index in [4.69, 9.17) is 0 Å². The van der Waals surface area contributed by atoms with Crippen LogP contribution in [0.3, 0.4) is 0 Å². The van der Waals surface area contributed by atoms with E-state index in [1.165, 1.54) is 23.4 Å². The summed E-state index contributed by atoms with van der Waals surface area (Å²) in [5.41, 5.74) is 2.58. The topological polar surface area (TPSA) is 106 Å². The SMILES string of the molecule is Cc1ccccc1N1CCN(Cc2[nH]c(=O)[nH]c2C(=O)c2ccccc2S(C)(=O)=O)CC1. The number of ketones is 1. The van der Waals surface area contributed by atoms with E-state index in [9.17, 15) is 18.0 Å². The van der Waals surface area contributed by atoms with Gasteiger partial charge in [-0.3, -0.25) is 9.69 Å². The molecule has 2 N–H and O–H groups in total. The molecule has 0 atom stereocenters. The van der Waals surface area contributed by atoms with E-state index in [1.54, 1.807) is 12.1 Å². The number of rotatable bonds is 6. The van der Waals surface area contributed by atoms with Gasteiger partial charge < -0.3 is 14.9 Å².